The van der Waals surface area contributed by atoms with Crippen LogP contribution in [0.5, 0.6) is 0 Å². The van der Waals surface area contributed by atoms with Gasteiger partial charge >= 0.3 is 0 Å². The zero-order chi connectivity index (χ0) is 11.4. The van der Waals surface area contributed by atoms with Crippen LogP contribution in [0.1, 0.15) is 24.8 Å². The number of aliphatic hydroxyl groups excluding tert-OH is 1. The number of rotatable bonds is 4. The van der Waals surface area contributed by atoms with Crippen molar-refractivity contribution in [3.05, 3.63) is 29.8 Å². The molecule has 1 aliphatic rings. The SMILES string of the molecule is COCc1cccc(N[C@@H]2CCC[C@H]2O)c1. The summed E-state index contributed by atoms with van der Waals surface area (Å²) in [5.74, 6) is 0. The lowest BCUT2D eigenvalue weighted by Crippen LogP contribution is -2.27. The first-order valence-corrected chi connectivity index (χ1v) is 5.82. The Morgan fingerprint density at radius 3 is 3.00 bits per heavy atom. The zero-order valence-electron chi connectivity index (χ0n) is 9.65. The summed E-state index contributed by atoms with van der Waals surface area (Å²) >= 11 is 0. The van der Waals surface area contributed by atoms with Crippen LogP contribution in [0.2, 0.25) is 0 Å². The molecule has 0 spiro atoms. The van der Waals surface area contributed by atoms with Crippen LogP contribution in [-0.4, -0.2) is 24.4 Å². The Morgan fingerprint density at radius 2 is 2.31 bits per heavy atom. The molecule has 1 aromatic rings. The van der Waals surface area contributed by atoms with Crippen molar-refractivity contribution in [1.82, 2.24) is 0 Å². The fourth-order valence-electron chi connectivity index (χ4n) is 2.24. The van der Waals surface area contributed by atoms with Gasteiger partial charge in [-0.2, -0.15) is 0 Å². The summed E-state index contributed by atoms with van der Waals surface area (Å²) in [6, 6.07) is 8.37. The average Bonchev–Trinajstić information content (AvgIpc) is 2.66. The number of aliphatic hydroxyl groups is 1. The van der Waals surface area contributed by atoms with E-state index in [4.69, 9.17) is 4.74 Å². The summed E-state index contributed by atoms with van der Waals surface area (Å²) < 4.78 is 5.10. The molecule has 1 saturated carbocycles. The molecule has 2 atom stereocenters. The first-order valence-electron chi connectivity index (χ1n) is 5.82. The Labute approximate surface area is 96.4 Å². The second-order valence-electron chi connectivity index (χ2n) is 4.38. The molecule has 0 unspecified atom stereocenters. The summed E-state index contributed by atoms with van der Waals surface area (Å²) in [6.45, 7) is 0.628. The summed E-state index contributed by atoms with van der Waals surface area (Å²) in [5.41, 5.74) is 2.22. The standard InChI is InChI=1S/C13H19NO2/c1-16-9-10-4-2-5-11(8-10)14-12-6-3-7-13(12)15/h2,4-5,8,12-15H,3,6-7,9H2,1H3/t12-,13-/m1/s1. The van der Waals surface area contributed by atoms with E-state index in [9.17, 15) is 5.11 Å². The molecule has 3 heteroatoms. The molecule has 0 heterocycles. The molecule has 0 radical (unpaired) electrons. The van der Waals surface area contributed by atoms with Gasteiger partial charge in [0.25, 0.3) is 0 Å². The van der Waals surface area contributed by atoms with E-state index in [1.165, 1.54) is 0 Å². The van der Waals surface area contributed by atoms with Gasteiger partial charge in [0.15, 0.2) is 0 Å². The van der Waals surface area contributed by atoms with Crippen molar-refractivity contribution >= 4 is 5.69 Å². The normalized spacial score (nSPS) is 24.6. The summed E-state index contributed by atoms with van der Waals surface area (Å²) in [7, 11) is 1.70. The minimum Gasteiger partial charge on any atom is -0.391 e. The average molecular weight is 221 g/mol. The van der Waals surface area contributed by atoms with Crippen LogP contribution >= 0.6 is 0 Å². The van der Waals surface area contributed by atoms with Gasteiger partial charge in [0.1, 0.15) is 0 Å². The lowest BCUT2D eigenvalue weighted by Gasteiger charge is -2.18. The third-order valence-electron chi connectivity index (χ3n) is 3.07. The summed E-state index contributed by atoms with van der Waals surface area (Å²) in [5, 5.41) is 13.1. The molecule has 88 valence electrons. The van der Waals surface area contributed by atoms with Crippen molar-refractivity contribution in [1.29, 1.82) is 0 Å². The van der Waals surface area contributed by atoms with Crippen LogP contribution in [0.4, 0.5) is 5.69 Å². The summed E-state index contributed by atoms with van der Waals surface area (Å²) in [4.78, 5) is 0. The molecule has 2 N–H and O–H groups in total. The fourth-order valence-corrected chi connectivity index (χ4v) is 2.24. The molecular formula is C13H19NO2. The van der Waals surface area contributed by atoms with E-state index in [1.54, 1.807) is 7.11 Å². The molecule has 2 rings (SSSR count). The molecule has 0 aromatic heterocycles. The highest BCUT2D eigenvalue weighted by atomic mass is 16.5. The van der Waals surface area contributed by atoms with Crippen molar-refractivity contribution in [3.63, 3.8) is 0 Å². The highest BCUT2D eigenvalue weighted by Gasteiger charge is 2.24. The fraction of sp³-hybridized carbons (Fsp3) is 0.538. The highest BCUT2D eigenvalue weighted by molar-refractivity contribution is 5.46. The van der Waals surface area contributed by atoms with Crippen LogP contribution < -0.4 is 5.32 Å². The third kappa shape index (κ3) is 2.74. The number of ether oxygens (including phenoxy) is 1. The van der Waals surface area contributed by atoms with E-state index in [-0.39, 0.29) is 12.1 Å². The van der Waals surface area contributed by atoms with Gasteiger partial charge in [0.2, 0.25) is 0 Å². The number of nitrogens with one attached hydrogen (secondary N) is 1. The van der Waals surface area contributed by atoms with Crippen LogP contribution in [-0.2, 0) is 11.3 Å². The second kappa shape index (κ2) is 5.32. The van der Waals surface area contributed by atoms with Crippen LogP contribution in [0.3, 0.4) is 0 Å². The molecule has 0 bridgehead atoms. The van der Waals surface area contributed by atoms with Gasteiger partial charge in [0.05, 0.1) is 18.8 Å². The van der Waals surface area contributed by atoms with Crippen molar-refractivity contribution in [2.45, 2.75) is 38.0 Å². The van der Waals surface area contributed by atoms with E-state index in [1.807, 2.05) is 18.2 Å². The monoisotopic (exact) mass is 221 g/mol. The number of hydrogen-bond donors (Lipinski definition) is 2. The highest BCUT2D eigenvalue weighted by Crippen LogP contribution is 2.23. The second-order valence-corrected chi connectivity index (χ2v) is 4.38. The quantitative estimate of drug-likeness (QED) is 0.818. The maximum Gasteiger partial charge on any atom is 0.0741 e. The predicted octanol–water partition coefficient (Wildman–Crippen LogP) is 2.16. The largest absolute Gasteiger partial charge is 0.391 e. The minimum absolute atomic E-state index is 0.203. The van der Waals surface area contributed by atoms with Gasteiger partial charge in [0, 0.05) is 12.8 Å². The lowest BCUT2D eigenvalue weighted by atomic mass is 10.1. The Hall–Kier alpha value is -1.06. The Kier molecular flexibility index (Phi) is 3.80. The molecule has 0 saturated heterocycles. The molecule has 1 fully saturated rings. The van der Waals surface area contributed by atoms with Gasteiger partial charge in [-0.3, -0.25) is 0 Å². The lowest BCUT2D eigenvalue weighted by molar-refractivity contribution is 0.172. The van der Waals surface area contributed by atoms with E-state index in [0.29, 0.717) is 6.61 Å². The van der Waals surface area contributed by atoms with Crippen LogP contribution in [0, 0.1) is 0 Å². The van der Waals surface area contributed by atoms with Gasteiger partial charge in [-0.05, 0) is 37.0 Å². The Bertz CT molecular complexity index is 340. The van der Waals surface area contributed by atoms with Crippen LogP contribution in [0.15, 0.2) is 24.3 Å². The van der Waals surface area contributed by atoms with Gasteiger partial charge in [-0.1, -0.05) is 12.1 Å². The zero-order valence-corrected chi connectivity index (χ0v) is 9.65. The molecule has 0 amide bonds. The van der Waals surface area contributed by atoms with E-state index >= 15 is 0 Å². The molecule has 1 aromatic carbocycles. The Balaban J connectivity index is 2.00. The molecule has 1 aliphatic carbocycles. The van der Waals surface area contributed by atoms with E-state index in [0.717, 1.165) is 30.5 Å². The van der Waals surface area contributed by atoms with E-state index < -0.39 is 0 Å². The molecule has 16 heavy (non-hydrogen) atoms. The van der Waals surface area contributed by atoms with E-state index in [2.05, 4.69) is 11.4 Å². The van der Waals surface area contributed by atoms with Crippen molar-refractivity contribution in [2.24, 2.45) is 0 Å². The van der Waals surface area contributed by atoms with Gasteiger partial charge in [-0.25, -0.2) is 0 Å². The maximum atomic E-state index is 9.74. The van der Waals surface area contributed by atoms with Crippen LogP contribution in [0.25, 0.3) is 0 Å². The van der Waals surface area contributed by atoms with Gasteiger partial charge < -0.3 is 15.2 Å². The first kappa shape index (κ1) is 11.4. The molecule has 0 aliphatic heterocycles. The van der Waals surface area contributed by atoms with Gasteiger partial charge in [-0.15, -0.1) is 0 Å². The Morgan fingerprint density at radius 1 is 1.44 bits per heavy atom. The molecule has 3 nitrogen and oxygen atoms in total. The van der Waals surface area contributed by atoms with Crippen molar-refractivity contribution < 1.29 is 9.84 Å². The maximum absolute atomic E-state index is 9.74. The smallest absolute Gasteiger partial charge is 0.0741 e. The number of benzene rings is 1. The number of methoxy groups -OCH3 is 1. The number of anilines is 1. The number of hydrogen-bond acceptors (Lipinski definition) is 3. The predicted molar refractivity (Wildman–Crippen MR) is 64.4 cm³/mol. The molecular weight excluding hydrogens is 202 g/mol. The van der Waals surface area contributed by atoms with Crippen molar-refractivity contribution in [2.75, 3.05) is 12.4 Å². The summed E-state index contributed by atoms with van der Waals surface area (Å²) in [6.07, 6.45) is 2.87. The topological polar surface area (TPSA) is 41.5 Å². The van der Waals surface area contributed by atoms with Crippen molar-refractivity contribution in [3.8, 4) is 0 Å². The minimum atomic E-state index is -0.203. The third-order valence-corrected chi connectivity index (χ3v) is 3.07. The first-order chi connectivity index (χ1) is 7.79.